The summed E-state index contributed by atoms with van der Waals surface area (Å²) in [5, 5.41) is 23.7. The van der Waals surface area contributed by atoms with Gasteiger partial charge >= 0.3 is 5.97 Å². The summed E-state index contributed by atoms with van der Waals surface area (Å²) < 4.78 is 1.49. The second kappa shape index (κ2) is 5.80. The number of anilines is 1. The van der Waals surface area contributed by atoms with Crippen LogP contribution >= 0.6 is 0 Å². The highest BCUT2D eigenvalue weighted by Crippen LogP contribution is 2.33. The van der Waals surface area contributed by atoms with Gasteiger partial charge in [0.25, 0.3) is 5.69 Å². The van der Waals surface area contributed by atoms with E-state index in [0.29, 0.717) is 22.2 Å². The van der Waals surface area contributed by atoms with E-state index in [4.69, 9.17) is 10.8 Å². The minimum Gasteiger partial charge on any atom is -0.478 e. The molecule has 0 aliphatic carbocycles. The lowest BCUT2D eigenvalue weighted by Crippen LogP contribution is -1.98. The molecule has 3 aromatic rings. The number of nitro groups is 1. The van der Waals surface area contributed by atoms with Crippen molar-refractivity contribution in [1.29, 1.82) is 0 Å². The summed E-state index contributed by atoms with van der Waals surface area (Å²) in [4.78, 5) is 25.0. The molecule has 9 heteroatoms. The van der Waals surface area contributed by atoms with Gasteiger partial charge in [-0.25, -0.2) is 14.3 Å². The van der Waals surface area contributed by atoms with Crippen molar-refractivity contribution < 1.29 is 14.8 Å². The Hall–Kier alpha value is -3.75. The van der Waals surface area contributed by atoms with E-state index < -0.39 is 10.9 Å². The van der Waals surface area contributed by atoms with E-state index in [1.807, 2.05) is 0 Å². The van der Waals surface area contributed by atoms with Crippen molar-refractivity contribution in [1.82, 2.24) is 14.6 Å². The lowest BCUT2D eigenvalue weighted by atomic mass is 10.0. The Morgan fingerprint density at radius 1 is 1.33 bits per heavy atom. The van der Waals surface area contributed by atoms with Crippen LogP contribution in [0.25, 0.3) is 22.7 Å². The highest BCUT2D eigenvalue weighted by atomic mass is 16.6. The molecule has 0 unspecified atom stereocenters. The second-order valence-corrected chi connectivity index (χ2v) is 4.87. The first-order valence-electron chi connectivity index (χ1n) is 6.75. The van der Waals surface area contributed by atoms with Crippen LogP contribution in [0.15, 0.2) is 42.9 Å². The van der Waals surface area contributed by atoms with Crippen LogP contribution in [0.1, 0.15) is 5.56 Å². The van der Waals surface area contributed by atoms with Crippen molar-refractivity contribution in [3.8, 4) is 11.1 Å². The van der Waals surface area contributed by atoms with Crippen LogP contribution in [0.4, 0.5) is 11.5 Å². The minimum absolute atomic E-state index is 0.0471. The molecule has 3 rings (SSSR count). The van der Waals surface area contributed by atoms with Gasteiger partial charge in [0.05, 0.1) is 4.92 Å². The summed E-state index contributed by atoms with van der Waals surface area (Å²) in [7, 11) is 0. The molecule has 2 heterocycles. The number of hydrogen-bond acceptors (Lipinski definition) is 6. The maximum atomic E-state index is 10.8. The zero-order valence-electron chi connectivity index (χ0n) is 12.2. The Labute approximate surface area is 134 Å². The predicted molar refractivity (Wildman–Crippen MR) is 86.2 cm³/mol. The molecule has 0 aliphatic rings. The van der Waals surface area contributed by atoms with Gasteiger partial charge in [-0.3, -0.25) is 10.1 Å². The van der Waals surface area contributed by atoms with Gasteiger partial charge in [-0.1, -0.05) is 0 Å². The number of carbonyl (C=O) groups is 1. The number of carboxylic acids is 1. The fraction of sp³-hybridized carbons (Fsp3) is 0. The molecule has 3 N–H and O–H groups in total. The Morgan fingerprint density at radius 3 is 2.67 bits per heavy atom. The normalized spacial score (nSPS) is 11.2. The number of hydrogen-bond donors (Lipinski definition) is 2. The van der Waals surface area contributed by atoms with Gasteiger partial charge in [0, 0.05) is 35.5 Å². The van der Waals surface area contributed by atoms with E-state index in [1.54, 1.807) is 18.3 Å². The minimum atomic E-state index is -1.10. The fourth-order valence-corrected chi connectivity index (χ4v) is 2.39. The number of aromatic nitrogens is 3. The number of non-ortho nitro benzene ring substituents is 1. The lowest BCUT2D eigenvalue weighted by Gasteiger charge is -2.04. The topological polar surface area (TPSA) is 137 Å². The fourth-order valence-electron chi connectivity index (χ4n) is 2.39. The van der Waals surface area contributed by atoms with Crippen LogP contribution < -0.4 is 5.73 Å². The molecular formula is C15H11N5O4. The molecular weight excluding hydrogens is 314 g/mol. The van der Waals surface area contributed by atoms with Crippen molar-refractivity contribution >= 4 is 29.1 Å². The Kier molecular flexibility index (Phi) is 3.66. The van der Waals surface area contributed by atoms with E-state index in [2.05, 4.69) is 10.1 Å². The summed E-state index contributed by atoms with van der Waals surface area (Å²) >= 11 is 0. The third-order valence-electron chi connectivity index (χ3n) is 3.40. The molecule has 0 amide bonds. The van der Waals surface area contributed by atoms with Crippen molar-refractivity contribution in [3.63, 3.8) is 0 Å². The summed E-state index contributed by atoms with van der Waals surface area (Å²) in [6.45, 7) is 0. The number of carboxylic acid groups (broad SMARTS) is 1. The van der Waals surface area contributed by atoms with Crippen LogP contribution in [0.5, 0.6) is 0 Å². The quantitative estimate of drug-likeness (QED) is 0.425. The molecule has 9 nitrogen and oxygen atoms in total. The zero-order chi connectivity index (χ0) is 17.3. The molecule has 0 aliphatic heterocycles. The molecule has 120 valence electrons. The molecule has 0 atom stereocenters. The Morgan fingerprint density at radius 2 is 2.04 bits per heavy atom. The number of nitro benzene ring substituents is 1. The van der Waals surface area contributed by atoms with Crippen molar-refractivity contribution in [2.24, 2.45) is 0 Å². The van der Waals surface area contributed by atoms with Crippen LogP contribution in [0.2, 0.25) is 0 Å². The lowest BCUT2D eigenvalue weighted by molar-refractivity contribution is -0.384. The first-order valence-corrected chi connectivity index (χ1v) is 6.75. The van der Waals surface area contributed by atoms with Gasteiger partial charge < -0.3 is 10.8 Å². The smallest absolute Gasteiger partial charge is 0.328 e. The number of nitrogens with two attached hydrogens (primary N) is 1. The first-order chi connectivity index (χ1) is 11.5. The number of rotatable bonds is 4. The molecule has 0 saturated carbocycles. The van der Waals surface area contributed by atoms with Gasteiger partial charge in [-0.15, -0.1) is 0 Å². The molecule has 0 radical (unpaired) electrons. The van der Waals surface area contributed by atoms with E-state index in [1.165, 1.54) is 29.1 Å². The average Bonchev–Trinajstić information content (AvgIpc) is 2.93. The highest BCUT2D eigenvalue weighted by Gasteiger charge is 2.16. The van der Waals surface area contributed by atoms with Gasteiger partial charge in [0.2, 0.25) is 0 Å². The molecule has 24 heavy (non-hydrogen) atoms. The molecule has 2 aromatic heterocycles. The third-order valence-corrected chi connectivity index (χ3v) is 3.40. The summed E-state index contributed by atoms with van der Waals surface area (Å²) in [5.74, 6) is -0.882. The van der Waals surface area contributed by atoms with E-state index >= 15 is 0 Å². The summed E-state index contributed by atoms with van der Waals surface area (Å²) in [6, 6.07) is 5.86. The third kappa shape index (κ3) is 2.65. The number of benzene rings is 1. The second-order valence-electron chi connectivity index (χ2n) is 4.87. The maximum absolute atomic E-state index is 10.8. The molecule has 0 saturated heterocycles. The summed E-state index contributed by atoms with van der Waals surface area (Å²) in [5.41, 5.74) is 8.16. The zero-order valence-corrected chi connectivity index (χ0v) is 12.2. The number of fused-ring (bicyclic) bond motifs is 1. The van der Waals surface area contributed by atoms with Gasteiger partial charge in [0.15, 0.2) is 5.82 Å². The molecule has 0 bridgehead atoms. The Bertz CT molecular complexity index is 975. The first kappa shape index (κ1) is 15.2. The number of nitrogens with zero attached hydrogens (tertiary/aromatic N) is 4. The SMILES string of the molecule is Nc1ncnn2cc(/C=C/C(=O)O)c(-c3ccc([N+](=O)[O-])cc3)c12. The van der Waals surface area contributed by atoms with Crippen molar-refractivity contribution in [2.75, 3.05) is 5.73 Å². The van der Waals surface area contributed by atoms with Crippen LogP contribution in [0.3, 0.4) is 0 Å². The van der Waals surface area contributed by atoms with E-state index in [-0.39, 0.29) is 11.5 Å². The predicted octanol–water partition coefficient (Wildman–Crippen LogP) is 1.98. The van der Waals surface area contributed by atoms with Crippen molar-refractivity contribution in [3.05, 3.63) is 58.5 Å². The average molecular weight is 325 g/mol. The maximum Gasteiger partial charge on any atom is 0.328 e. The Balaban J connectivity index is 2.25. The van der Waals surface area contributed by atoms with Gasteiger partial charge in [-0.2, -0.15) is 5.10 Å². The van der Waals surface area contributed by atoms with Gasteiger partial charge in [0.1, 0.15) is 11.8 Å². The van der Waals surface area contributed by atoms with Crippen molar-refractivity contribution in [2.45, 2.75) is 0 Å². The number of nitrogen functional groups attached to an aromatic ring is 1. The molecule has 0 spiro atoms. The summed E-state index contributed by atoms with van der Waals surface area (Å²) in [6.07, 6.45) is 5.30. The van der Waals surface area contributed by atoms with E-state index in [9.17, 15) is 14.9 Å². The van der Waals surface area contributed by atoms with Gasteiger partial charge in [-0.05, 0) is 23.8 Å². The largest absolute Gasteiger partial charge is 0.478 e. The highest BCUT2D eigenvalue weighted by molar-refractivity contribution is 5.96. The standard InChI is InChI=1S/C15H11N5O4/c16-15-14-13(9-1-4-11(5-2-9)20(23)24)10(3-6-12(21)22)7-19(14)18-8-17-15/h1-8H,(H,21,22)(H2,16,17,18)/b6-3+. The van der Waals surface area contributed by atoms with Crippen LogP contribution in [0, 0.1) is 10.1 Å². The van der Waals surface area contributed by atoms with Crippen LogP contribution in [-0.4, -0.2) is 30.6 Å². The molecule has 0 fully saturated rings. The monoisotopic (exact) mass is 325 g/mol. The molecule has 1 aromatic carbocycles. The van der Waals surface area contributed by atoms with E-state index in [0.717, 1.165) is 6.08 Å². The van der Waals surface area contributed by atoms with Crippen LogP contribution in [-0.2, 0) is 4.79 Å². The number of aliphatic carboxylic acids is 1.